The molecule has 0 spiro atoms. The Kier molecular flexibility index (Phi) is 7.27. The van der Waals surface area contributed by atoms with E-state index in [1.807, 2.05) is 0 Å². The molecule has 1 aromatic heterocycles. The molecule has 0 aliphatic carbocycles. The van der Waals surface area contributed by atoms with Crippen LogP contribution in [0.2, 0.25) is 0 Å². The van der Waals surface area contributed by atoms with Crippen LogP contribution >= 0.6 is 0 Å². The normalized spacial score (nSPS) is 26.1. The molecule has 2 rings (SSSR count). The quantitative estimate of drug-likeness (QED) is 0.435. The van der Waals surface area contributed by atoms with Gasteiger partial charge in [0.05, 0.1) is 13.2 Å². The van der Waals surface area contributed by atoms with E-state index >= 15 is 0 Å². The lowest BCUT2D eigenvalue weighted by atomic mass is 10.1. The van der Waals surface area contributed by atoms with Crippen molar-refractivity contribution >= 4 is 5.91 Å². The van der Waals surface area contributed by atoms with Crippen LogP contribution in [0.5, 0.6) is 0 Å². The summed E-state index contributed by atoms with van der Waals surface area (Å²) in [6.07, 6.45) is -3.83. The van der Waals surface area contributed by atoms with E-state index in [2.05, 4.69) is 4.98 Å². The van der Waals surface area contributed by atoms with Crippen molar-refractivity contribution in [3.05, 3.63) is 33.1 Å². The predicted octanol–water partition coefficient (Wildman–Crippen LogP) is -1.99. The van der Waals surface area contributed by atoms with Gasteiger partial charge < -0.3 is 29.3 Å². The Bertz CT molecular complexity index is 748. The lowest BCUT2D eigenvalue weighted by Crippen LogP contribution is -2.41. The van der Waals surface area contributed by atoms with Crippen molar-refractivity contribution in [1.29, 1.82) is 0 Å². The summed E-state index contributed by atoms with van der Waals surface area (Å²) < 4.78 is 17.8. The summed E-state index contributed by atoms with van der Waals surface area (Å²) in [7, 11) is 1.64. The second kappa shape index (κ2) is 9.24. The molecule has 0 aromatic carbocycles. The van der Waals surface area contributed by atoms with Crippen LogP contribution in [0, 0.1) is 0 Å². The number of H-pyrrole nitrogens is 1. The number of likely N-dealkylation sites (N-methyl/N-ethyl adjacent to an activating group) is 1. The molecule has 0 radical (unpaired) electrons. The molecule has 5 atom stereocenters. The molecule has 0 bridgehead atoms. The van der Waals surface area contributed by atoms with Gasteiger partial charge in [0.25, 0.3) is 5.56 Å². The molecule has 1 aliphatic heterocycles. The minimum absolute atomic E-state index is 0.102. The fourth-order valence-electron chi connectivity index (χ4n) is 2.64. The van der Waals surface area contributed by atoms with Crippen LogP contribution in [0.15, 0.2) is 21.9 Å². The first-order chi connectivity index (χ1) is 12.7. The van der Waals surface area contributed by atoms with Crippen molar-refractivity contribution in [2.75, 3.05) is 26.8 Å². The number of aromatic amines is 1. The average Bonchev–Trinajstić information content (AvgIpc) is 2.90. The molecule has 27 heavy (non-hydrogen) atoms. The standard InChI is InChI=1S/C16H25N3O8/c1-9(21)18(3)6-7-25-10(2)26-14-13(23)11(8-20)27-15(14)19-5-4-12(22)17-16(19)24/h4-5,10-11,13-15,20,23H,6-8H2,1-3H3,(H,17,22,24)/t10?,11-,13-,14-,15-/m1/s1. The summed E-state index contributed by atoms with van der Waals surface area (Å²) in [5, 5.41) is 19.7. The van der Waals surface area contributed by atoms with Crippen LogP contribution in [0.25, 0.3) is 0 Å². The number of aromatic nitrogens is 2. The minimum Gasteiger partial charge on any atom is -0.394 e. The number of hydrogen-bond acceptors (Lipinski definition) is 8. The molecule has 0 saturated carbocycles. The number of nitrogens with one attached hydrogen (secondary N) is 1. The van der Waals surface area contributed by atoms with Gasteiger partial charge in [0.15, 0.2) is 12.5 Å². The van der Waals surface area contributed by atoms with Crippen molar-refractivity contribution in [1.82, 2.24) is 14.5 Å². The highest BCUT2D eigenvalue weighted by atomic mass is 16.7. The van der Waals surface area contributed by atoms with Gasteiger partial charge in [-0.05, 0) is 6.92 Å². The highest BCUT2D eigenvalue weighted by Crippen LogP contribution is 2.31. The molecular weight excluding hydrogens is 362 g/mol. The van der Waals surface area contributed by atoms with E-state index in [0.717, 1.165) is 10.6 Å². The van der Waals surface area contributed by atoms with E-state index in [1.165, 1.54) is 18.0 Å². The van der Waals surface area contributed by atoms with Crippen LogP contribution in [-0.4, -0.2) is 82.0 Å². The largest absolute Gasteiger partial charge is 0.394 e. The van der Waals surface area contributed by atoms with Gasteiger partial charge >= 0.3 is 5.69 Å². The molecule has 3 N–H and O–H groups in total. The Hall–Kier alpha value is -2.05. The topological polar surface area (TPSA) is 143 Å². The third kappa shape index (κ3) is 5.23. The number of aliphatic hydroxyl groups excluding tert-OH is 2. The number of rotatable bonds is 8. The van der Waals surface area contributed by atoms with Crippen molar-refractivity contribution in [2.45, 2.75) is 44.7 Å². The molecule has 1 aliphatic rings. The molecule has 152 valence electrons. The van der Waals surface area contributed by atoms with Gasteiger partial charge in [0.1, 0.15) is 18.3 Å². The lowest BCUT2D eigenvalue weighted by molar-refractivity contribution is -0.195. The maximum Gasteiger partial charge on any atom is 0.330 e. The van der Waals surface area contributed by atoms with Crippen LogP contribution < -0.4 is 11.2 Å². The number of nitrogens with zero attached hydrogens (tertiary/aromatic N) is 2. The molecule has 11 nitrogen and oxygen atoms in total. The molecule has 11 heteroatoms. The van der Waals surface area contributed by atoms with Crippen LogP contribution in [-0.2, 0) is 19.0 Å². The van der Waals surface area contributed by atoms with Crippen molar-refractivity contribution in [3.63, 3.8) is 0 Å². The highest BCUT2D eigenvalue weighted by Gasteiger charge is 2.46. The predicted molar refractivity (Wildman–Crippen MR) is 91.9 cm³/mol. The number of carbonyl (C=O) groups excluding carboxylic acids is 1. The molecule has 1 fully saturated rings. The van der Waals surface area contributed by atoms with Gasteiger partial charge in [0, 0.05) is 32.8 Å². The molecule has 2 heterocycles. The SMILES string of the molecule is CC(=O)N(C)CCOC(C)O[C@@H]1[C@H](O)[C@@H](CO)O[C@H]1n1ccc(=O)[nH]c1=O. The van der Waals surface area contributed by atoms with Crippen molar-refractivity contribution < 1.29 is 29.2 Å². The second-order valence-electron chi connectivity index (χ2n) is 6.24. The van der Waals surface area contributed by atoms with E-state index in [0.29, 0.717) is 6.54 Å². The summed E-state index contributed by atoms with van der Waals surface area (Å²) in [4.78, 5) is 38.0. The van der Waals surface area contributed by atoms with Gasteiger partial charge in [0.2, 0.25) is 5.91 Å². The zero-order chi connectivity index (χ0) is 20.1. The maximum atomic E-state index is 12.0. The number of ether oxygens (including phenoxy) is 3. The number of carbonyl (C=O) groups is 1. The first-order valence-electron chi connectivity index (χ1n) is 8.49. The van der Waals surface area contributed by atoms with Gasteiger partial charge in [-0.25, -0.2) is 4.79 Å². The Labute approximate surface area is 155 Å². The van der Waals surface area contributed by atoms with Gasteiger partial charge in [-0.1, -0.05) is 0 Å². The van der Waals surface area contributed by atoms with Gasteiger partial charge in [-0.15, -0.1) is 0 Å². The fourth-order valence-corrected chi connectivity index (χ4v) is 2.64. The van der Waals surface area contributed by atoms with Crippen LogP contribution in [0.3, 0.4) is 0 Å². The maximum absolute atomic E-state index is 12.0. The summed E-state index contributed by atoms with van der Waals surface area (Å²) in [5.74, 6) is -0.102. The average molecular weight is 387 g/mol. The van der Waals surface area contributed by atoms with Gasteiger partial charge in [-0.3, -0.25) is 19.1 Å². The summed E-state index contributed by atoms with van der Waals surface area (Å²) in [6, 6.07) is 1.14. The van der Waals surface area contributed by atoms with E-state index in [1.54, 1.807) is 14.0 Å². The van der Waals surface area contributed by atoms with E-state index in [-0.39, 0.29) is 12.5 Å². The Balaban J connectivity index is 2.07. The molecule has 1 saturated heterocycles. The number of amides is 1. The zero-order valence-corrected chi connectivity index (χ0v) is 15.4. The van der Waals surface area contributed by atoms with E-state index < -0.39 is 48.7 Å². The molecule has 1 amide bonds. The number of hydrogen-bond donors (Lipinski definition) is 3. The second-order valence-corrected chi connectivity index (χ2v) is 6.24. The third-order valence-corrected chi connectivity index (χ3v) is 4.28. The van der Waals surface area contributed by atoms with Crippen LogP contribution in [0.1, 0.15) is 20.1 Å². The Morgan fingerprint density at radius 1 is 1.48 bits per heavy atom. The first-order valence-corrected chi connectivity index (χ1v) is 8.49. The molecule has 1 unspecified atom stereocenters. The van der Waals surface area contributed by atoms with E-state index in [4.69, 9.17) is 14.2 Å². The minimum atomic E-state index is -1.22. The monoisotopic (exact) mass is 387 g/mol. The Morgan fingerprint density at radius 2 is 2.19 bits per heavy atom. The zero-order valence-electron chi connectivity index (χ0n) is 15.4. The van der Waals surface area contributed by atoms with Gasteiger partial charge in [-0.2, -0.15) is 0 Å². The van der Waals surface area contributed by atoms with Crippen molar-refractivity contribution in [2.24, 2.45) is 0 Å². The fraction of sp³-hybridized carbons (Fsp3) is 0.688. The molecule has 1 aromatic rings. The summed E-state index contributed by atoms with van der Waals surface area (Å²) in [5.41, 5.74) is -1.30. The Morgan fingerprint density at radius 3 is 2.78 bits per heavy atom. The smallest absolute Gasteiger partial charge is 0.330 e. The highest BCUT2D eigenvalue weighted by molar-refractivity contribution is 5.72. The third-order valence-electron chi connectivity index (χ3n) is 4.28. The van der Waals surface area contributed by atoms with E-state index in [9.17, 15) is 24.6 Å². The molecular formula is C16H25N3O8. The van der Waals surface area contributed by atoms with Crippen molar-refractivity contribution in [3.8, 4) is 0 Å². The summed E-state index contributed by atoms with van der Waals surface area (Å²) >= 11 is 0. The lowest BCUT2D eigenvalue weighted by Gasteiger charge is -2.26. The first kappa shape index (κ1) is 21.3. The number of aliphatic hydroxyl groups is 2. The summed E-state index contributed by atoms with van der Waals surface area (Å²) in [6.45, 7) is 3.11. The van der Waals surface area contributed by atoms with Crippen LogP contribution in [0.4, 0.5) is 0 Å².